The zero-order valence-corrected chi connectivity index (χ0v) is 23.3. The van der Waals surface area contributed by atoms with Gasteiger partial charge in [-0.2, -0.15) is 13.2 Å². The number of carbonyl (C=O) groups is 3. The molecule has 3 amide bonds. The van der Waals surface area contributed by atoms with E-state index < -0.39 is 23.7 Å². The molecule has 1 aliphatic rings. The molecule has 43 heavy (non-hydrogen) atoms. The van der Waals surface area contributed by atoms with E-state index in [0.29, 0.717) is 48.5 Å². The first kappa shape index (κ1) is 29.5. The molecular formula is C29H28F3N7O4. The summed E-state index contributed by atoms with van der Waals surface area (Å²) in [6, 6.07) is 7.87. The number of halogens is 3. The minimum absolute atomic E-state index is 0.100. The summed E-state index contributed by atoms with van der Waals surface area (Å²) in [4.78, 5) is 52.2. The van der Waals surface area contributed by atoms with E-state index in [9.17, 15) is 27.6 Å². The number of hydrogen-bond donors (Lipinski definition) is 2. The van der Waals surface area contributed by atoms with Gasteiger partial charge >= 0.3 is 12.3 Å². The average molecular weight is 596 g/mol. The largest absolute Gasteiger partial charge is 0.453 e. The second-order valence-electron chi connectivity index (χ2n) is 9.94. The fourth-order valence-electron chi connectivity index (χ4n) is 4.99. The molecule has 224 valence electrons. The molecule has 0 aliphatic carbocycles. The van der Waals surface area contributed by atoms with E-state index in [2.05, 4.69) is 20.6 Å². The number of amides is 3. The van der Waals surface area contributed by atoms with Gasteiger partial charge in [0.15, 0.2) is 5.82 Å². The number of nitrogens with zero attached hydrogens (tertiary/aromatic N) is 5. The van der Waals surface area contributed by atoms with Crippen molar-refractivity contribution in [3.63, 3.8) is 0 Å². The third kappa shape index (κ3) is 6.27. The number of pyridine rings is 1. The van der Waals surface area contributed by atoms with Crippen LogP contribution >= 0.6 is 0 Å². The number of benzene rings is 1. The molecule has 11 nitrogen and oxygen atoms in total. The molecule has 1 atom stereocenters. The number of hydrogen-bond acceptors (Lipinski definition) is 7. The van der Waals surface area contributed by atoms with E-state index in [1.807, 2.05) is 16.2 Å². The second-order valence-corrected chi connectivity index (χ2v) is 9.94. The number of rotatable bonds is 8. The van der Waals surface area contributed by atoms with Crippen LogP contribution in [0.25, 0.3) is 16.8 Å². The van der Waals surface area contributed by atoms with E-state index in [1.54, 1.807) is 18.3 Å². The Labute approximate surface area is 244 Å². The van der Waals surface area contributed by atoms with Crippen LogP contribution in [0.4, 0.5) is 29.6 Å². The van der Waals surface area contributed by atoms with Crippen LogP contribution in [-0.4, -0.2) is 62.4 Å². The first-order valence-electron chi connectivity index (χ1n) is 13.5. The number of imidazole rings is 1. The standard InChI is InChI=1S/C29H28F3N7O4/c1-3-17(16-38-13-4-5-22(38)40)26-36-23(24-25(37-28(42)43-2)34-12-14-39(24)26)18-6-8-19(9-7-18)27(41)35-21-15-20(10-11-33-21)29(30,31)32/h6-12,14-15,17H,3-5,13,16H2,1-2H3,(H,33,35,41)(H,34,37,42). The van der Waals surface area contributed by atoms with Gasteiger partial charge in [-0.15, -0.1) is 0 Å². The van der Waals surface area contributed by atoms with Gasteiger partial charge in [-0.3, -0.25) is 19.3 Å². The topological polar surface area (TPSA) is 131 Å². The highest BCUT2D eigenvalue weighted by Gasteiger charge is 2.31. The number of aromatic nitrogens is 4. The lowest BCUT2D eigenvalue weighted by atomic mass is 10.1. The predicted octanol–water partition coefficient (Wildman–Crippen LogP) is 5.36. The van der Waals surface area contributed by atoms with Gasteiger partial charge < -0.3 is 15.0 Å². The van der Waals surface area contributed by atoms with E-state index in [1.165, 1.54) is 25.4 Å². The number of ether oxygens (including phenoxy) is 1. The van der Waals surface area contributed by atoms with Gasteiger partial charge in [0.1, 0.15) is 22.9 Å². The van der Waals surface area contributed by atoms with Crippen LogP contribution in [0.5, 0.6) is 0 Å². The molecule has 4 heterocycles. The van der Waals surface area contributed by atoms with Crippen molar-refractivity contribution in [2.24, 2.45) is 0 Å². The van der Waals surface area contributed by atoms with Gasteiger partial charge in [-0.25, -0.2) is 19.7 Å². The summed E-state index contributed by atoms with van der Waals surface area (Å²) >= 11 is 0. The van der Waals surface area contributed by atoms with Gasteiger partial charge in [-0.05, 0) is 37.1 Å². The SMILES string of the molecule is CCC(CN1CCCC1=O)c1nc(-c2ccc(C(=O)Nc3cc(C(F)(F)F)ccn3)cc2)c2c(NC(=O)OC)nccn12. The van der Waals surface area contributed by atoms with Crippen molar-refractivity contribution in [2.45, 2.75) is 38.3 Å². The van der Waals surface area contributed by atoms with Gasteiger partial charge in [0.05, 0.1) is 12.7 Å². The summed E-state index contributed by atoms with van der Waals surface area (Å²) in [5.74, 6) is -0.0390. The minimum Gasteiger partial charge on any atom is -0.453 e. The molecule has 1 unspecified atom stereocenters. The van der Waals surface area contributed by atoms with Crippen molar-refractivity contribution in [3.8, 4) is 11.3 Å². The van der Waals surface area contributed by atoms with Crippen LogP contribution in [0, 0.1) is 0 Å². The summed E-state index contributed by atoms with van der Waals surface area (Å²) in [6.07, 6.45) is 0.937. The number of methoxy groups -OCH3 is 1. The van der Waals surface area contributed by atoms with E-state index in [4.69, 9.17) is 9.72 Å². The highest BCUT2D eigenvalue weighted by atomic mass is 19.4. The van der Waals surface area contributed by atoms with Crippen LogP contribution in [-0.2, 0) is 15.7 Å². The summed E-state index contributed by atoms with van der Waals surface area (Å²) in [5.41, 5.74) is 0.786. The van der Waals surface area contributed by atoms with Gasteiger partial charge in [0, 0.05) is 55.1 Å². The average Bonchev–Trinajstić information content (AvgIpc) is 3.59. The Morgan fingerprint density at radius 2 is 1.86 bits per heavy atom. The number of likely N-dealkylation sites (tertiary alicyclic amines) is 1. The van der Waals surface area contributed by atoms with Crippen LogP contribution < -0.4 is 10.6 Å². The maximum Gasteiger partial charge on any atom is 0.416 e. The molecule has 14 heteroatoms. The Bertz CT molecular complexity index is 1670. The molecule has 0 saturated carbocycles. The molecule has 2 N–H and O–H groups in total. The zero-order chi connectivity index (χ0) is 30.7. The monoisotopic (exact) mass is 595 g/mol. The lowest BCUT2D eigenvalue weighted by Crippen LogP contribution is -2.30. The first-order valence-corrected chi connectivity index (χ1v) is 13.5. The van der Waals surface area contributed by atoms with Crippen LogP contribution in [0.15, 0.2) is 55.0 Å². The number of alkyl halides is 3. The zero-order valence-electron chi connectivity index (χ0n) is 23.3. The number of anilines is 2. The lowest BCUT2D eigenvalue weighted by molar-refractivity contribution is -0.137. The van der Waals surface area contributed by atoms with E-state index in [-0.39, 0.29) is 29.0 Å². The molecule has 4 aromatic rings. The molecule has 0 bridgehead atoms. The molecule has 1 aromatic carbocycles. The summed E-state index contributed by atoms with van der Waals surface area (Å²) in [6.45, 7) is 3.17. The normalized spacial score (nSPS) is 14.2. The first-order chi connectivity index (χ1) is 20.6. The summed E-state index contributed by atoms with van der Waals surface area (Å²) < 4.78 is 45.8. The molecule has 1 saturated heterocycles. The van der Waals surface area contributed by atoms with Crippen molar-refractivity contribution in [1.82, 2.24) is 24.3 Å². The van der Waals surface area contributed by atoms with Crippen LogP contribution in [0.3, 0.4) is 0 Å². The summed E-state index contributed by atoms with van der Waals surface area (Å²) in [7, 11) is 1.23. The molecular weight excluding hydrogens is 567 g/mol. The Morgan fingerprint density at radius 3 is 2.51 bits per heavy atom. The van der Waals surface area contributed by atoms with Crippen molar-refractivity contribution in [3.05, 3.63) is 71.9 Å². The van der Waals surface area contributed by atoms with E-state index >= 15 is 0 Å². The predicted molar refractivity (Wildman–Crippen MR) is 150 cm³/mol. The number of carbonyl (C=O) groups excluding carboxylic acids is 3. The Morgan fingerprint density at radius 1 is 1.09 bits per heavy atom. The lowest BCUT2D eigenvalue weighted by Gasteiger charge is -2.22. The molecule has 5 rings (SSSR count). The summed E-state index contributed by atoms with van der Waals surface area (Å²) in [5, 5.41) is 5.01. The Kier molecular flexibility index (Phi) is 8.28. The van der Waals surface area contributed by atoms with Gasteiger partial charge in [-0.1, -0.05) is 19.1 Å². The van der Waals surface area contributed by atoms with Crippen molar-refractivity contribution in [2.75, 3.05) is 30.8 Å². The van der Waals surface area contributed by atoms with Crippen molar-refractivity contribution < 1.29 is 32.3 Å². The third-order valence-corrected chi connectivity index (χ3v) is 7.21. The molecule has 1 aliphatic heterocycles. The van der Waals surface area contributed by atoms with Gasteiger partial charge in [0.2, 0.25) is 5.91 Å². The molecule has 0 spiro atoms. The smallest absolute Gasteiger partial charge is 0.416 e. The van der Waals surface area contributed by atoms with Crippen LogP contribution in [0.2, 0.25) is 0 Å². The molecule has 0 radical (unpaired) electrons. The maximum absolute atomic E-state index is 13.1. The van der Waals surface area contributed by atoms with Gasteiger partial charge in [0.25, 0.3) is 5.91 Å². The third-order valence-electron chi connectivity index (χ3n) is 7.21. The fraction of sp³-hybridized carbons (Fsp3) is 0.310. The number of fused-ring (bicyclic) bond motifs is 1. The van der Waals surface area contributed by atoms with Crippen molar-refractivity contribution >= 4 is 35.1 Å². The highest BCUT2D eigenvalue weighted by molar-refractivity contribution is 6.04. The Hall–Kier alpha value is -5.01. The Balaban J connectivity index is 1.49. The van der Waals surface area contributed by atoms with E-state index in [0.717, 1.165) is 24.8 Å². The second kappa shape index (κ2) is 12.1. The molecule has 3 aromatic heterocycles. The molecule has 1 fully saturated rings. The van der Waals surface area contributed by atoms with Crippen molar-refractivity contribution in [1.29, 1.82) is 0 Å². The minimum atomic E-state index is -4.58. The maximum atomic E-state index is 13.1. The quantitative estimate of drug-likeness (QED) is 0.281. The van der Waals surface area contributed by atoms with Crippen LogP contribution in [0.1, 0.15) is 53.8 Å². The highest BCUT2D eigenvalue weighted by Crippen LogP contribution is 2.34. The fourth-order valence-corrected chi connectivity index (χ4v) is 4.99. The number of nitrogens with one attached hydrogen (secondary N) is 2.